The summed E-state index contributed by atoms with van der Waals surface area (Å²) in [5.41, 5.74) is 2.32. The van der Waals surface area contributed by atoms with Gasteiger partial charge in [0, 0.05) is 6.42 Å². The number of ether oxygens (including phenoxy) is 1. The molecule has 0 aliphatic carbocycles. The van der Waals surface area contributed by atoms with Gasteiger partial charge in [-0.25, -0.2) is 0 Å². The van der Waals surface area contributed by atoms with Crippen molar-refractivity contribution in [1.29, 1.82) is 0 Å². The Kier molecular flexibility index (Phi) is 7.74. The van der Waals surface area contributed by atoms with Gasteiger partial charge in [-0.1, -0.05) is 38.1 Å². The molecule has 0 aliphatic rings. The molecule has 1 aromatic carbocycles. The van der Waals surface area contributed by atoms with E-state index >= 15 is 0 Å². The molecule has 0 spiro atoms. The first kappa shape index (κ1) is 18.3. The van der Waals surface area contributed by atoms with Crippen LogP contribution in [0.4, 0.5) is 0 Å². The first-order chi connectivity index (χ1) is 10.4. The van der Waals surface area contributed by atoms with Crippen LogP contribution in [-0.2, 0) is 16.0 Å². The maximum atomic E-state index is 12.2. The largest absolute Gasteiger partial charge is 0.462 e. The van der Waals surface area contributed by atoms with E-state index in [4.69, 9.17) is 11.2 Å². The van der Waals surface area contributed by atoms with E-state index in [9.17, 15) is 4.79 Å². The molecule has 0 aromatic heterocycles. The van der Waals surface area contributed by atoms with Crippen molar-refractivity contribution < 1.29 is 9.53 Å². The number of carbonyl (C=O) groups is 1. The van der Waals surface area contributed by atoms with Crippen LogP contribution in [0.15, 0.2) is 24.3 Å². The molecule has 0 N–H and O–H groups in total. The Balaban J connectivity index is 2.53. The Morgan fingerprint density at radius 2 is 1.82 bits per heavy atom. The summed E-state index contributed by atoms with van der Waals surface area (Å²) in [6, 6.07) is 8.28. The molecule has 1 aromatic rings. The fraction of sp³-hybridized carbons (Fsp3) is 0.550. The van der Waals surface area contributed by atoms with Gasteiger partial charge in [-0.15, -0.1) is 12.3 Å². The molecule has 1 unspecified atom stereocenters. The Bertz CT molecular complexity index is 493. The summed E-state index contributed by atoms with van der Waals surface area (Å²) in [5.74, 6) is 2.84. The molecule has 2 atom stereocenters. The van der Waals surface area contributed by atoms with Crippen molar-refractivity contribution in [2.45, 2.75) is 65.4 Å². The SMILES string of the molecule is C#CCCCC(C)OC(=O)[C@H](C)c1ccc(CC(C)C)cc1. The summed E-state index contributed by atoms with van der Waals surface area (Å²) in [4.78, 5) is 12.2. The Hall–Kier alpha value is -1.75. The van der Waals surface area contributed by atoms with E-state index in [1.165, 1.54) is 5.56 Å². The third-order valence-electron chi connectivity index (χ3n) is 3.73. The Morgan fingerprint density at radius 3 is 2.36 bits per heavy atom. The topological polar surface area (TPSA) is 26.3 Å². The summed E-state index contributed by atoms with van der Waals surface area (Å²) in [7, 11) is 0. The highest BCUT2D eigenvalue weighted by molar-refractivity contribution is 5.77. The number of rotatable bonds is 8. The maximum Gasteiger partial charge on any atom is 0.313 e. The predicted molar refractivity (Wildman–Crippen MR) is 91.6 cm³/mol. The molecule has 0 bridgehead atoms. The van der Waals surface area contributed by atoms with E-state index in [1.807, 2.05) is 26.0 Å². The van der Waals surface area contributed by atoms with Gasteiger partial charge in [0.05, 0.1) is 12.0 Å². The van der Waals surface area contributed by atoms with Crippen molar-refractivity contribution >= 4 is 5.97 Å². The van der Waals surface area contributed by atoms with Crippen molar-refractivity contribution in [3.05, 3.63) is 35.4 Å². The third kappa shape index (κ3) is 6.35. The van der Waals surface area contributed by atoms with Gasteiger partial charge in [0.15, 0.2) is 0 Å². The van der Waals surface area contributed by atoms with Crippen molar-refractivity contribution in [3.8, 4) is 12.3 Å². The second-order valence-electron chi connectivity index (χ2n) is 6.41. The lowest BCUT2D eigenvalue weighted by molar-refractivity contribution is -0.150. The average Bonchev–Trinajstić information content (AvgIpc) is 2.47. The van der Waals surface area contributed by atoms with Crippen LogP contribution in [0, 0.1) is 18.3 Å². The van der Waals surface area contributed by atoms with Gasteiger partial charge in [0.25, 0.3) is 0 Å². The van der Waals surface area contributed by atoms with E-state index in [-0.39, 0.29) is 18.0 Å². The molecule has 0 aliphatic heterocycles. The van der Waals surface area contributed by atoms with Crippen LogP contribution in [0.3, 0.4) is 0 Å². The van der Waals surface area contributed by atoms with Crippen molar-refractivity contribution in [3.63, 3.8) is 0 Å². The van der Waals surface area contributed by atoms with E-state index in [1.54, 1.807) is 0 Å². The smallest absolute Gasteiger partial charge is 0.313 e. The summed E-state index contributed by atoms with van der Waals surface area (Å²) >= 11 is 0. The second kappa shape index (κ2) is 9.30. The van der Waals surface area contributed by atoms with Gasteiger partial charge in [-0.05, 0) is 50.2 Å². The van der Waals surface area contributed by atoms with E-state index in [2.05, 4.69) is 31.9 Å². The number of terminal acetylenes is 1. The quantitative estimate of drug-likeness (QED) is 0.394. The van der Waals surface area contributed by atoms with Crippen LogP contribution >= 0.6 is 0 Å². The lowest BCUT2D eigenvalue weighted by Crippen LogP contribution is -2.19. The van der Waals surface area contributed by atoms with Gasteiger partial charge >= 0.3 is 5.97 Å². The summed E-state index contributed by atoms with van der Waals surface area (Å²) < 4.78 is 5.50. The highest BCUT2D eigenvalue weighted by Gasteiger charge is 2.19. The molecule has 0 fully saturated rings. The highest BCUT2D eigenvalue weighted by Crippen LogP contribution is 2.20. The van der Waals surface area contributed by atoms with Gasteiger partial charge in [0.1, 0.15) is 0 Å². The number of unbranched alkanes of at least 4 members (excludes halogenated alkanes) is 1. The molecular weight excluding hydrogens is 272 g/mol. The molecule has 2 nitrogen and oxygen atoms in total. The zero-order valence-corrected chi connectivity index (χ0v) is 14.3. The van der Waals surface area contributed by atoms with E-state index in [0.717, 1.165) is 31.2 Å². The lowest BCUT2D eigenvalue weighted by atomic mass is 9.97. The standard InChI is InChI=1S/C20H28O2/c1-6-7-8-9-16(4)22-20(21)17(5)19-12-10-18(11-13-19)14-15(2)3/h1,10-13,15-17H,7-9,14H2,2-5H3/t16?,17-/m1/s1. The molecular formula is C20H28O2. The molecule has 0 saturated carbocycles. The zero-order chi connectivity index (χ0) is 16.5. The predicted octanol–water partition coefficient (Wildman–Crippen LogP) is 4.72. The third-order valence-corrected chi connectivity index (χ3v) is 3.73. The fourth-order valence-corrected chi connectivity index (χ4v) is 2.40. The molecule has 22 heavy (non-hydrogen) atoms. The van der Waals surface area contributed by atoms with Crippen LogP contribution in [0.25, 0.3) is 0 Å². The Morgan fingerprint density at radius 1 is 1.18 bits per heavy atom. The van der Waals surface area contributed by atoms with E-state index in [0.29, 0.717) is 5.92 Å². The average molecular weight is 300 g/mol. The second-order valence-corrected chi connectivity index (χ2v) is 6.41. The molecule has 0 amide bonds. The first-order valence-electron chi connectivity index (χ1n) is 8.16. The zero-order valence-electron chi connectivity index (χ0n) is 14.3. The molecule has 0 heterocycles. The minimum atomic E-state index is -0.233. The molecule has 2 heteroatoms. The van der Waals surface area contributed by atoms with Crippen molar-refractivity contribution in [1.82, 2.24) is 0 Å². The van der Waals surface area contributed by atoms with Crippen LogP contribution in [0.1, 0.15) is 64.0 Å². The monoisotopic (exact) mass is 300 g/mol. The van der Waals surface area contributed by atoms with Gasteiger partial charge < -0.3 is 4.74 Å². The fourth-order valence-electron chi connectivity index (χ4n) is 2.40. The number of benzene rings is 1. The van der Waals surface area contributed by atoms with Crippen LogP contribution in [-0.4, -0.2) is 12.1 Å². The minimum absolute atomic E-state index is 0.0801. The first-order valence-corrected chi connectivity index (χ1v) is 8.16. The molecule has 0 saturated heterocycles. The number of hydrogen-bond donors (Lipinski definition) is 0. The van der Waals surface area contributed by atoms with Gasteiger partial charge in [0.2, 0.25) is 0 Å². The molecule has 1 rings (SSSR count). The van der Waals surface area contributed by atoms with Crippen LogP contribution in [0.5, 0.6) is 0 Å². The molecule has 0 radical (unpaired) electrons. The van der Waals surface area contributed by atoms with Crippen LogP contribution in [0.2, 0.25) is 0 Å². The van der Waals surface area contributed by atoms with Gasteiger partial charge in [-0.3, -0.25) is 4.79 Å². The summed E-state index contributed by atoms with van der Waals surface area (Å²) in [6.45, 7) is 8.23. The van der Waals surface area contributed by atoms with Crippen molar-refractivity contribution in [2.24, 2.45) is 5.92 Å². The maximum absolute atomic E-state index is 12.2. The number of hydrogen-bond acceptors (Lipinski definition) is 2. The van der Waals surface area contributed by atoms with Crippen LogP contribution < -0.4 is 0 Å². The Labute approximate surface area is 135 Å². The normalized spacial score (nSPS) is 13.5. The summed E-state index contributed by atoms with van der Waals surface area (Å²) in [6.07, 6.45) is 8.64. The van der Waals surface area contributed by atoms with E-state index < -0.39 is 0 Å². The van der Waals surface area contributed by atoms with Crippen molar-refractivity contribution in [2.75, 3.05) is 0 Å². The minimum Gasteiger partial charge on any atom is -0.462 e. The number of esters is 1. The number of carbonyl (C=O) groups excluding carboxylic acids is 1. The lowest BCUT2D eigenvalue weighted by Gasteiger charge is -2.17. The molecule has 120 valence electrons. The summed E-state index contributed by atoms with van der Waals surface area (Å²) in [5, 5.41) is 0. The van der Waals surface area contributed by atoms with Gasteiger partial charge in [-0.2, -0.15) is 0 Å². The highest BCUT2D eigenvalue weighted by atomic mass is 16.5.